The molecule has 94 valence electrons. The molecular formula is C12H12N2O2S2. The zero-order chi connectivity index (χ0) is 13.0. The number of rotatable bonds is 4. The Morgan fingerprint density at radius 3 is 2.83 bits per heavy atom. The van der Waals surface area contributed by atoms with Gasteiger partial charge in [-0.25, -0.2) is 4.79 Å². The van der Waals surface area contributed by atoms with Crippen molar-refractivity contribution < 1.29 is 9.53 Å². The Balaban J connectivity index is 2.07. The molecule has 0 radical (unpaired) electrons. The minimum absolute atomic E-state index is 0.352. The fourth-order valence-electron chi connectivity index (χ4n) is 1.33. The lowest BCUT2D eigenvalue weighted by atomic mass is 10.3. The number of aryl methyl sites for hydroxylation is 1. The smallest absolute Gasteiger partial charge is 0.350 e. The molecule has 0 aliphatic carbocycles. The van der Waals surface area contributed by atoms with Crippen LogP contribution in [0.15, 0.2) is 28.0 Å². The van der Waals surface area contributed by atoms with Crippen LogP contribution in [-0.4, -0.2) is 19.3 Å². The fraction of sp³-hybridized carbons (Fsp3) is 0.167. The van der Waals surface area contributed by atoms with Crippen LogP contribution in [0.3, 0.4) is 0 Å². The summed E-state index contributed by atoms with van der Waals surface area (Å²) in [7, 11) is 1.37. The van der Waals surface area contributed by atoms with Crippen molar-refractivity contribution in [3.05, 3.63) is 38.2 Å². The van der Waals surface area contributed by atoms with Crippen LogP contribution in [0, 0.1) is 6.92 Å². The molecule has 2 rings (SSSR count). The van der Waals surface area contributed by atoms with E-state index in [1.165, 1.54) is 24.0 Å². The standard InChI is InChI=1S/C12H12N2O2S2/c1-8-3-5-17-10(8)7-13-14-9-4-6-18-11(9)12(15)16-2/h3-7,14H,1-2H3. The molecule has 2 aromatic rings. The lowest BCUT2D eigenvalue weighted by Gasteiger charge is -2.00. The van der Waals surface area contributed by atoms with Crippen molar-refractivity contribution >= 4 is 40.5 Å². The van der Waals surface area contributed by atoms with Crippen molar-refractivity contribution in [1.82, 2.24) is 0 Å². The molecule has 0 aliphatic rings. The Hall–Kier alpha value is -1.66. The number of hydrogen-bond donors (Lipinski definition) is 1. The molecule has 18 heavy (non-hydrogen) atoms. The lowest BCUT2D eigenvalue weighted by molar-refractivity contribution is 0.0607. The van der Waals surface area contributed by atoms with Gasteiger partial charge in [-0.3, -0.25) is 5.43 Å². The third-order valence-electron chi connectivity index (χ3n) is 2.30. The van der Waals surface area contributed by atoms with Gasteiger partial charge in [0.15, 0.2) is 0 Å². The summed E-state index contributed by atoms with van der Waals surface area (Å²) in [5.74, 6) is -0.352. The topological polar surface area (TPSA) is 50.7 Å². The van der Waals surface area contributed by atoms with Gasteiger partial charge < -0.3 is 4.74 Å². The lowest BCUT2D eigenvalue weighted by Crippen LogP contribution is -2.01. The number of hydrogen-bond acceptors (Lipinski definition) is 6. The number of ether oxygens (including phenoxy) is 1. The van der Waals surface area contributed by atoms with Gasteiger partial charge >= 0.3 is 5.97 Å². The number of carbonyl (C=O) groups is 1. The molecule has 0 aromatic carbocycles. The number of thiophene rings is 2. The summed E-state index contributed by atoms with van der Waals surface area (Å²) in [6.45, 7) is 2.03. The second kappa shape index (κ2) is 5.79. The Kier molecular flexibility index (Phi) is 4.11. The normalized spacial score (nSPS) is 10.8. The van der Waals surface area contributed by atoms with E-state index < -0.39 is 0 Å². The number of esters is 1. The molecule has 0 bridgehead atoms. The van der Waals surface area contributed by atoms with Crippen LogP contribution in [0.25, 0.3) is 0 Å². The van der Waals surface area contributed by atoms with E-state index in [9.17, 15) is 4.79 Å². The van der Waals surface area contributed by atoms with Gasteiger partial charge in [0, 0.05) is 4.88 Å². The molecule has 4 nitrogen and oxygen atoms in total. The second-order valence-electron chi connectivity index (χ2n) is 3.49. The van der Waals surface area contributed by atoms with E-state index in [-0.39, 0.29) is 5.97 Å². The minimum Gasteiger partial charge on any atom is -0.465 e. The molecule has 1 N–H and O–H groups in total. The average Bonchev–Trinajstić information content (AvgIpc) is 2.98. The molecule has 0 saturated carbocycles. The maximum Gasteiger partial charge on any atom is 0.350 e. The van der Waals surface area contributed by atoms with Crippen molar-refractivity contribution in [2.45, 2.75) is 6.92 Å². The van der Waals surface area contributed by atoms with Crippen LogP contribution in [0.2, 0.25) is 0 Å². The van der Waals surface area contributed by atoms with Gasteiger partial charge in [0.25, 0.3) is 0 Å². The van der Waals surface area contributed by atoms with E-state index in [4.69, 9.17) is 0 Å². The van der Waals surface area contributed by atoms with Gasteiger partial charge in [0.05, 0.1) is 19.0 Å². The van der Waals surface area contributed by atoms with Gasteiger partial charge in [-0.2, -0.15) is 5.10 Å². The van der Waals surface area contributed by atoms with E-state index in [0.717, 1.165) is 4.88 Å². The highest BCUT2D eigenvalue weighted by Gasteiger charge is 2.12. The maximum absolute atomic E-state index is 11.4. The highest BCUT2D eigenvalue weighted by molar-refractivity contribution is 7.12. The molecule has 2 aromatic heterocycles. The third kappa shape index (κ3) is 2.77. The largest absolute Gasteiger partial charge is 0.465 e. The Bertz CT molecular complexity index is 572. The molecule has 2 heterocycles. The van der Waals surface area contributed by atoms with Crippen LogP contribution in [0.4, 0.5) is 5.69 Å². The number of anilines is 1. The van der Waals surface area contributed by atoms with Crippen molar-refractivity contribution in [3.63, 3.8) is 0 Å². The van der Waals surface area contributed by atoms with Crippen LogP contribution in [0.5, 0.6) is 0 Å². The first-order chi connectivity index (χ1) is 8.72. The first-order valence-corrected chi connectivity index (χ1v) is 6.97. The van der Waals surface area contributed by atoms with Crippen molar-refractivity contribution in [2.24, 2.45) is 5.10 Å². The number of carbonyl (C=O) groups excluding carboxylic acids is 1. The summed E-state index contributed by atoms with van der Waals surface area (Å²) in [6, 6.07) is 3.84. The van der Waals surface area contributed by atoms with Gasteiger partial charge in [-0.05, 0) is 35.4 Å². The number of hydrazone groups is 1. The van der Waals surface area contributed by atoms with E-state index in [2.05, 4.69) is 15.3 Å². The quantitative estimate of drug-likeness (QED) is 0.531. The van der Waals surface area contributed by atoms with E-state index in [1.54, 1.807) is 23.6 Å². The second-order valence-corrected chi connectivity index (χ2v) is 5.36. The molecule has 6 heteroatoms. The summed E-state index contributed by atoms with van der Waals surface area (Å²) in [6.07, 6.45) is 1.75. The van der Waals surface area contributed by atoms with E-state index >= 15 is 0 Å². The molecule has 0 saturated heterocycles. The van der Waals surface area contributed by atoms with Crippen LogP contribution >= 0.6 is 22.7 Å². The van der Waals surface area contributed by atoms with Crippen molar-refractivity contribution in [3.8, 4) is 0 Å². The predicted molar refractivity (Wildman–Crippen MR) is 75.9 cm³/mol. The van der Waals surface area contributed by atoms with Gasteiger partial charge in [-0.1, -0.05) is 0 Å². The van der Waals surface area contributed by atoms with E-state index in [0.29, 0.717) is 10.6 Å². The van der Waals surface area contributed by atoms with Crippen molar-refractivity contribution in [1.29, 1.82) is 0 Å². The fourth-order valence-corrected chi connectivity index (χ4v) is 2.87. The number of nitrogens with zero attached hydrogens (tertiary/aromatic N) is 1. The predicted octanol–water partition coefficient (Wildman–Crippen LogP) is 3.35. The van der Waals surface area contributed by atoms with Gasteiger partial charge in [0.2, 0.25) is 0 Å². The van der Waals surface area contributed by atoms with Crippen molar-refractivity contribution in [2.75, 3.05) is 12.5 Å². The summed E-state index contributed by atoms with van der Waals surface area (Å²) >= 11 is 2.95. The SMILES string of the molecule is COC(=O)c1sccc1NN=Cc1sccc1C. The summed E-state index contributed by atoms with van der Waals surface area (Å²) < 4.78 is 4.69. The highest BCUT2D eigenvalue weighted by Crippen LogP contribution is 2.23. The summed E-state index contributed by atoms with van der Waals surface area (Å²) in [4.78, 5) is 13.1. The van der Waals surface area contributed by atoms with E-state index in [1.807, 2.05) is 23.8 Å². The molecule has 0 atom stereocenters. The highest BCUT2D eigenvalue weighted by atomic mass is 32.1. The average molecular weight is 280 g/mol. The third-order valence-corrected chi connectivity index (χ3v) is 4.15. The summed E-state index contributed by atoms with van der Waals surface area (Å²) in [5, 5.41) is 7.96. The molecule has 0 amide bonds. The van der Waals surface area contributed by atoms with Crippen LogP contribution in [0.1, 0.15) is 20.1 Å². The first-order valence-electron chi connectivity index (χ1n) is 5.21. The monoisotopic (exact) mass is 280 g/mol. The van der Waals surface area contributed by atoms with Crippen LogP contribution < -0.4 is 5.43 Å². The summed E-state index contributed by atoms with van der Waals surface area (Å²) in [5.41, 5.74) is 4.71. The molecule has 0 fully saturated rings. The molecule has 0 aliphatic heterocycles. The molecular weight excluding hydrogens is 268 g/mol. The Morgan fingerprint density at radius 2 is 2.17 bits per heavy atom. The Morgan fingerprint density at radius 1 is 1.39 bits per heavy atom. The number of methoxy groups -OCH3 is 1. The Labute approximate surface area is 113 Å². The van der Waals surface area contributed by atoms with Gasteiger partial charge in [0.1, 0.15) is 4.88 Å². The number of nitrogens with one attached hydrogen (secondary N) is 1. The first kappa shape index (κ1) is 12.8. The molecule has 0 spiro atoms. The zero-order valence-electron chi connectivity index (χ0n) is 9.97. The maximum atomic E-state index is 11.4. The van der Waals surface area contributed by atoms with Gasteiger partial charge in [-0.15, -0.1) is 22.7 Å². The van der Waals surface area contributed by atoms with Crippen LogP contribution in [-0.2, 0) is 4.74 Å². The molecule has 0 unspecified atom stereocenters. The minimum atomic E-state index is -0.352. The zero-order valence-corrected chi connectivity index (χ0v) is 11.6.